The topological polar surface area (TPSA) is 0 Å². The van der Waals surface area contributed by atoms with E-state index >= 15 is 0 Å². The Kier molecular flexibility index (Phi) is 4.58. The van der Waals surface area contributed by atoms with Crippen LogP contribution in [0.5, 0.6) is 0 Å². The molecule has 0 aromatic heterocycles. The maximum absolute atomic E-state index is 3.33. The normalized spacial score (nSPS) is 11.4. The number of benzene rings is 2. The molecule has 0 aliphatic carbocycles. The van der Waals surface area contributed by atoms with Crippen molar-refractivity contribution in [1.29, 1.82) is 0 Å². The predicted molar refractivity (Wildman–Crippen MR) is 101 cm³/mol. The summed E-state index contributed by atoms with van der Waals surface area (Å²) in [6.45, 7) is 14.9. The van der Waals surface area contributed by atoms with Crippen LogP contribution in [0.25, 0.3) is 10.8 Å². The monoisotopic (exact) mass is 302 g/mol. The van der Waals surface area contributed by atoms with E-state index in [1.807, 2.05) is 0 Å². The highest BCUT2D eigenvalue weighted by Crippen LogP contribution is 2.23. The SMILES string of the molecule is Cc1c(C#CC(C)(C)C)ccc2cc(C#CC(C)(C)C)ccc12. The van der Waals surface area contributed by atoms with Gasteiger partial charge in [0.1, 0.15) is 0 Å². The fourth-order valence-corrected chi connectivity index (χ4v) is 2.21. The summed E-state index contributed by atoms with van der Waals surface area (Å²) in [4.78, 5) is 0. The molecule has 0 bridgehead atoms. The van der Waals surface area contributed by atoms with Gasteiger partial charge in [-0.05, 0) is 83.0 Å². The second kappa shape index (κ2) is 6.14. The van der Waals surface area contributed by atoms with Crippen molar-refractivity contribution in [1.82, 2.24) is 0 Å². The quantitative estimate of drug-likeness (QED) is 0.528. The first kappa shape index (κ1) is 17.2. The molecule has 0 amide bonds. The molecule has 0 saturated carbocycles. The zero-order valence-corrected chi connectivity index (χ0v) is 15.4. The van der Waals surface area contributed by atoms with Crippen LogP contribution in [0.3, 0.4) is 0 Å². The molecule has 23 heavy (non-hydrogen) atoms. The number of aryl methyl sites for hydroxylation is 1. The molecule has 0 radical (unpaired) electrons. The Balaban J connectivity index is 2.47. The molecule has 0 nitrogen and oxygen atoms in total. The molecule has 2 aromatic carbocycles. The van der Waals surface area contributed by atoms with Gasteiger partial charge in [0.05, 0.1) is 0 Å². The van der Waals surface area contributed by atoms with Crippen LogP contribution >= 0.6 is 0 Å². The number of hydrogen-bond acceptors (Lipinski definition) is 0. The van der Waals surface area contributed by atoms with Gasteiger partial charge < -0.3 is 0 Å². The van der Waals surface area contributed by atoms with Gasteiger partial charge >= 0.3 is 0 Å². The summed E-state index contributed by atoms with van der Waals surface area (Å²) < 4.78 is 0. The van der Waals surface area contributed by atoms with Crippen molar-refractivity contribution < 1.29 is 0 Å². The molecule has 0 atom stereocenters. The van der Waals surface area contributed by atoms with E-state index in [1.165, 1.54) is 16.3 Å². The van der Waals surface area contributed by atoms with Gasteiger partial charge in [-0.3, -0.25) is 0 Å². The van der Waals surface area contributed by atoms with E-state index in [4.69, 9.17) is 0 Å². The van der Waals surface area contributed by atoms with Gasteiger partial charge in [0.25, 0.3) is 0 Å². The molecule has 0 heterocycles. The van der Waals surface area contributed by atoms with Crippen molar-refractivity contribution in [3.8, 4) is 23.7 Å². The largest absolute Gasteiger partial charge is 0.0920 e. The first-order valence-electron chi connectivity index (χ1n) is 8.15. The minimum Gasteiger partial charge on any atom is -0.0920 e. The van der Waals surface area contributed by atoms with Crippen LogP contribution in [0.4, 0.5) is 0 Å². The summed E-state index contributed by atoms with van der Waals surface area (Å²) in [6.07, 6.45) is 0. The zero-order chi connectivity index (χ0) is 17.3. The molecule has 0 N–H and O–H groups in total. The molecule has 2 rings (SSSR count). The van der Waals surface area contributed by atoms with Crippen LogP contribution in [0.15, 0.2) is 30.3 Å². The molecule has 0 unspecified atom stereocenters. The Morgan fingerprint density at radius 2 is 1.35 bits per heavy atom. The van der Waals surface area contributed by atoms with Crippen molar-refractivity contribution in [3.63, 3.8) is 0 Å². The highest BCUT2D eigenvalue weighted by Gasteiger charge is 2.07. The summed E-state index contributed by atoms with van der Waals surface area (Å²) >= 11 is 0. The van der Waals surface area contributed by atoms with Crippen molar-refractivity contribution >= 4 is 10.8 Å². The molecular weight excluding hydrogens is 276 g/mol. The minimum atomic E-state index is 0.0216. The Hall–Kier alpha value is -2.18. The van der Waals surface area contributed by atoms with Crippen LogP contribution in [-0.4, -0.2) is 0 Å². The van der Waals surface area contributed by atoms with Crippen molar-refractivity contribution in [2.75, 3.05) is 0 Å². The van der Waals surface area contributed by atoms with E-state index in [9.17, 15) is 0 Å². The van der Waals surface area contributed by atoms with E-state index in [-0.39, 0.29) is 10.8 Å². The highest BCUT2D eigenvalue weighted by atomic mass is 14.1. The molecule has 0 spiro atoms. The van der Waals surface area contributed by atoms with Gasteiger partial charge in [-0.25, -0.2) is 0 Å². The molecule has 0 aliphatic heterocycles. The molecule has 0 heteroatoms. The predicted octanol–water partition coefficient (Wildman–Crippen LogP) is 5.94. The Bertz CT molecular complexity index is 845. The second-order valence-corrected chi connectivity index (χ2v) is 8.17. The maximum Gasteiger partial charge on any atom is 0.0281 e. The smallest absolute Gasteiger partial charge is 0.0281 e. The fraction of sp³-hybridized carbons (Fsp3) is 0.391. The van der Waals surface area contributed by atoms with Crippen LogP contribution < -0.4 is 0 Å². The molecule has 0 aliphatic rings. The Morgan fingerprint density at radius 3 is 1.96 bits per heavy atom. The standard InChI is InChI=1S/C23H26/c1-17-19(13-15-23(5,6)7)9-10-20-16-18(8-11-21(17)20)12-14-22(2,3)4/h8-11,16H,1-7H3. The second-order valence-electron chi connectivity index (χ2n) is 8.17. The Morgan fingerprint density at radius 1 is 0.739 bits per heavy atom. The van der Waals surface area contributed by atoms with E-state index in [2.05, 4.69) is 102 Å². The third-order valence-corrected chi connectivity index (χ3v) is 3.44. The van der Waals surface area contributed by atoms with E-state index in [1.54, 1.807) is 0 Å². The van der Waals surface area contributed by atoms with Gasteiger partial charge in [-0.15, -0.1) is 0 Å². The lowest BCUT2D eigenvalue weighted by atomic mass is 9.94. The van der Waals surface area contributed by atoms with Crippen LogP contribution in [-0.2, 0) is 0 Å². The zero-order valence-electron chi connectivity index (χ0n) is 15.4. The average Bonchev–Trinajstić information content (AvgIpc) is 2.42. The highest BCUT2D eigenvalue weighted by molar-refractivity contribution is 5.88. The summed E-state index contributed by atoms with van der Waals surface area (Å²) in [5.74, 6) is 13.2. The summed E-state index contributed by atoms with van der Waals surface area (Å²) in [5.41, 5.74) is 3.47. The van der Waals surface area contributed by atoms with Crippen molar-refractivity contribution in [2.45, 2.75) is 48.5 Å². The van der Waals surface area contributed by atoms with Crippen molar-refractivity contribution in [3.05, 3.63) is 47.0 Å². The van der Waals surface area contributed by atoms with E-state index < -0.39 is 0 Å². The maximum atomic E-state index is 3.33. The first-order valence-corrected chi connectivity index (χ1v) is 8.15. The first-order chi connectivity index (χ1) is 10.6. The molecule has 2 aromatic rings. The summed E-state index contributed by atoms with van der Waals surface area (Å²) in [6, 6.07) is 10.7. The third-order valence-electron chi connectivity index (χ3n) is 3.44. The average molecular weight is 302 g/mol. The molecule has 118 valence electrons. The molecule has 0 fully saturated rings. The lowest BCUT2D eigenvalue weighted by Gasteiger charge is -2.09. The van der Waals surface area contributed by atoms with Crippen molar-refractivity contribution in [2.24, 2.45) is 10.8 Å². The van der Waals surface area contributed by atoms with E-state index in [0.29, 0.717) is 0 Å². The fourth-order valence-electron chi connectivity index (χ4n) is 2.21. The van der Waals surface area contributed by atoms with Gasteiger partial charge in [-0.2, -0.15) is 0 Å². The number of fused-ring (bicyclic) bond motifs is 1. The van der Waals surface area contributed by atoms with Gasteiger partial charge in [0.15, 0.2) is 0 Å². The van der Waals surface area contributed by atoms with Gasteiger partial charge in [-0.1, -0.05) is 35.8 Å². The number of rotatable bonds is 0. The third kappa shape index (κ3) is 4.91. The van der Waals surface area contributed by atoms with Crippen LogP contribution in [0, 0.1) is 41.4 Å². The molecular formula is C23H26. The van der Waals surface area contributed by atoms with E-state index in [0.717, 1.165) is 11.1 Å². The summed E-state index contributed by atoms with van der Waals surface area (Å²) in [7, 11) is 0. The van der Waals surface area contributed by atoms with Crippen LogP contribution in [0.2, 0.25) is 0 Å². The van der Waals surface area contributed by atoms with Gasteiger partial charge in [0, 0.05) is 22.0 Å². The minimum absolute atomic E-state index is 0.0216. The van der Waals surface area contributed by atoms with Gasteiger partial charge in [0.2, 0.25) is 0 Å². The molecule has 0 saturated heterocycles. The Labute approximate surface area is 141 Å². The lowest BCUT2D eigenvalue weighted by Crippen LogP contribution is -1.99. The summed E-state index contributed by atoms with van der Waals surface area (Å²) in [5, 5.41) is 2.48. The number of hydrogen-bond donors (Lipinski definition) is 0. The lowest BCUT2D eigenvalue weighted by molar-refractivity contribution is 0.570. The van der Waals surface area contributed by atoms with Crippen LogP contribution in [0.1, 0.15) is 58.2 Å².